The molecular formula is C15H16O2. The van der Waals surface area contributed by atoms with E-state index < -0.39 is 5.97 Å². The van der Waals surface area contributed by atoms with Gasteiger partial charge in [0.05, 0.1) is 0 Å². The molecule has 2 heteroatoms. The van der Waals surface area contributed by atoms with Crippen LogP contribution in [-0.4, -0.2) is 11.1 Å². The first kappa shape index (κ1) is 14.9. The summed E-state index contributed by atoms with van der Waals surface area (Å²) < 4.78 is 0. The van der Waals surface area contributed by atoms with Crippen LogP contribution in [0, 0.1) is 35.5 Å². The van der Waals surface area contributed by atoms with E-state index in [1.165, 1.54) is 0 Å². The highest BCUT2D eigenvalue weighted by atomic mass is 16.4. The highest BCUT2D eigenvalue weighted by Gasteiger charge is 1.90. The molecule has 0 spiro atoms. The molecule has 0 aromatic carbocycles. The molecule has 0 saturated heterocycles. The lowest BCUT2D eigenvalue weighted by Crippen LogP contribution is -1.91. The van der Waals surface area contributed by atoms with E-state index in [1.807, 2.05) is 0 Å². The largest absolute Gasteiger partial charge is 0.481 e. The normalized spacial score (nSPS) is 8.29. The molecule has 0 heterocycles. The van der Waals surface area contributed by atoms with Gasteiger partial charge in [0.15, 0.2) is 0 Å². The van der Waals surface area contributed by atoms with Crippen LogP contribution in [0.3, 0.4) is 0 Å². The van der Waals surface area contributed by atoms with Crippen LogP contribution < -0.4 is 0 Å². The summed E-state index contributed by atoms with van der Waals surface area (Å²) in [7, 11) is 0. The maximum absolute atomic E-state index is 10.2. The third kappa shape index (κ3) is 13.9. The van der Waals surface area contributed by atoms with Gasteiger partial charge in [-0.25, -0.2) is 0 Å². The zero-order valence-corrected chi connectivity index (χ0v) is 10.0. The van der Waals surface area contributed by atoms with E-state index in [0.717, 1.165) is 19.3 Å². The van der Waals surface area contributed by atoms with E-state index in [4.69, 9.17) is 5.11 Å². The monoisotopic (exact) mass is 228 g/mol. The van der Waals surface area contributed by atoms with E-state index in [-0.39, 0.29) is 6.42 Å². The van der Waals surface area contributed by atoms with Gasteiger partial charge >= 0.3 is 5.97 Å². The van der Waals surface area contributed by atoms with Crippen molar-refractivity contribution in [3.63, 3.8) is 0 Å². The predicted octanol–water partition coefficient (Wildman–Crippen LogP) is 2.61. The van der Waals surface area contributed by atoms with Crippen molar-refractivity contribution in [2.75, 3.05) is 0 Å². The maximum atomic E-state index is 10.2. The van der Waals surface area contributed by atoms with Gasteiger partial charge in [-0.3, -0.25) is 4.79 Å². The Bertz CT molecular complexity index is 425. The van der Waals surface area contributed by atoms with E-state index >= 15 is 0 Å². The summed E-state index contributed by atoms with van der Waals surface area (Å²) in [6, 6.07) is 0. The van der Waals surface area contributed by atoms with Crippen LogP contribution in [-0.2, 0) is 4.79 Å². The van der Waals surface area contributed by atoms with Crippen molar-refractivity contribution in [2.45, 2.75) is 39.0 Å². The van der Waals surface area contributed by atoms with Crippen LogP contribution in [0.15, 0.2) is 12.2 Å². The second-order valence-corrected chi connectivity index (χ2v) is 3.26. The summed E-state index contributed by atoms with van der Waals surface area (Å²) >= 11 is 0. The number of carboxylic acid groups (broad SMARTS) is 1. The average molecular weight is 228 g/mol. The van der Waals surface area contributed by atoms with Gasteiger partial charge in [-0.05, 0) is 42.6 Å². The summed E-state index contributed by atoms with van der Waals surface area (Å²) in [5, 5.41) is 8.37. The van der Waals surface area contributed by atoms with Gasteiger partial charge < -0.3 is 5.11 Å². The highest BCUT2D eigenvalue weighted by molar-refractivity contribution is 5.66. The van der Waals surface area contributed by atoms with Gasteiger partial charge in [0.2, 0.25) is 0 Å². The molecule has 0 aliphatic heterocycles. The highest BCUT2D eigenvalue weighted by Crippen LogP contribution is 1.90. The van der Waals surface area contributed by atoms with Crippen LogP contribution in [0.1, 0.15) is 39.0 Å². The molecule has 0 aromatic rings. The molecule has 0 aromatic heterocycles. The molecule has 0 aliphatic rings. The first-order chi connectivity index (χ1) is 8.27. The third-order valence-corrected chi connectivity index (χ3v) is 1.73. The van der Waals surface area contributed by atoms with Crippen molar-refractivity contribution in [1.82, 2.24) is 0 Å². The zero-order chi connectivity index (χ0) is 12.8. The summed E-state index contributed by atoms with van der Waals surface area (Å²) in [6.45, 7) is 2.12. The summed E-state index contributed by atoms with van der Waals surface area (Å²) in [5.74, 6) is 15.4. The molecular weight excluding hydrogens is 212 g/mol. The average Bonchev–Trinajstić information content (AvgIpc) is 2.30. The molecule has 0 rings (SSSR count). The zero-order valence-electron chi connectivity index (χ0n) is 10.0. The number of carbonyl (C=O) groups is 1. The van der Waals surface area contributed by atoms with Gasteiger partial charge in [0.1, 0.15) is 0 Å². The van der Waals surface area contributed by atoms with Gasteiger partial charge in [0, 0.05) is 12.8 Å². The molecule has 0 saturated carbocycles. The van der Waals surface area contributed by atoms with E-state index in [2.05, 4.69) is 42.4 Å². The molecule has 0 fully saturated rings. The minimum Gasteiger partial charge on any atom is -0.481 e. The molecule has 0 aliphatic carbocycles. The fraction of sp³-hybridized carbons (Fsp3) is 0.400. The van der Waals surface area contributed by atoms with Crippen molar-refractivity contribution < 1.29 is 9.90 Å². The lowest BCUT2D eigenvalue weighted by atomic mass is 10.2. The van der Waals surface area contributed by atoms with Crippen LogP contribution >= 0.6 is 0 Å². The lowest BCUT2D eigenvalue weighted by Gasteiger charge is -1.83. The molecule has 0 bridgehead atoms. The van der Waals surface area contributed by atoms with Crippen LogP contribution in [0.4, 0.5) is 0 Å². The van der Waals surface area contributed by atoms with E-state index in [0.29, 0.717) is 6.42 Å². The Morgan fingerprint density at radius 1 is 1.24 bits per heavy atom. The Hall–Kier alpha value is -2.11. The maximum Gasteiger partial charge on any atom is 0.303 e. The fourth-order valence-corrected chi connectivity index (χ4v) is 0.861. The Morgan fingerprint density at radius 3 is 2.71 bits per heavy atom. The second-order valence-electron chi connectivity index (χ2n) is 3.26. The first-order valence-electron chi connectivity index (χ1n) is 5.62. The molecule has 17 heavy (non-hydrogen) atoms. The minimum absolute atomic E-state index is 0.132. The molecule has 0 radical (unpaired) electrons. The SMILES string of the molecule is CCCCC#CC#CC#C/C=C/CCC(=O)O. The van der Waals surface area contributed by atoms with Crippen LogP contribution in [0.5, 0.6) is 0 Å². The van der Waals surface area contributed by atoms with Crippen molar-refractivity contribution in [3.8, 4) is 35.5 Å². The predicted molar refractivity (Wildman–Crippen MR) is 68.9 cm³/mol. The summed E-state index contributed by atoms with van der Waals surface area (Å²) in [4.78, 5) is 10.2. The Kier molecular flexibility index (Phi) is 10.5. The van der Waals surface area contributed by atoms with E-state index in [1.54, 1.807) is 12.2 Å². The minimum atomic E-state index is -0.801. The number of rotatable bonds is 5. The number of aliphatic carboxylic acids is 1. The first-order valence-corrected chi connectivity index (χ1v) is 5.62. The number of unbranched alkanes of at least 4 members (excludes halogenated alkanes) is 2. The molecule has 2 nitrogen and oxygen atoms in total. The molecule has 0 atom stereocenters. The lowest BCUT2D eigenvalue weighted by molar-refractivity contribution is -0.136. The third-order valence-electron chi connectivity index (χ3n) is 1.73. The Balaban J connectivity index is 3.76. The topological polar surface area (TPSA) is 37.3 Å². The van der Waals surface area contributed by atoms with Gasteiger partial charge in [-0.15, -0.1) is 0 Å². The van der Waals surface area contributed by atoms with Crippen LogP contribution in [0.2, 0.25) is 0 Å². The summed E-state index contributed by atoms with van der Waals surface area (Å²) in [5.41, 5.74) is 0. The van der Waals surface area contributed by atoms with Crippen molar-refractivity contribution in [3.05, 3.63) is 12.2 Å². The fourth-order valence-electron chi connectivity index (χ4n) is 0.861. The second kappa shape index (κ2) is 12.0. The number of hydrogen-bond donors (Lipinski definition) is 1. The summed E-state index contributed by atoms with van der Waals surface area (Å²) in [6.07, 6.45) is 7.09. The van der Waals surface area contributed by atoms with Gasteiger partial charge in [-0.1, -0.05) is 31.3 Å². The Morgan fingerprint density at radius 2 is 2.00 bits per heavy atom. The smallest absolute Gasteiger partial charge is 0.303 e. The van der Waals surface area contributed by atoms with Crippen LogP contribution in [0.25, 0.3) is 0 Å². The van der Waals surface area contributed by atoms with Crippen molar-refractivity contribution >= 4 is 5.97 Å². The number of carboxylic acids is 1. The van der Waals surface area contributed by atoms with Crippen molar-refractivity contribution in [1.29, 1.82) is 0 Å². The quantitative estimate of drug-likeness (QED) is 0.580. The Labute approximate surface area is 103 Å². The number of hydrogen-bond acceptors (Lipinski definition) is 1. The van der Waals surface area contributed by atoms with Gasteiger partial charge in [0.25, 0.3) is 0 Å². The molecule has 88 valence electrons. The molecule has 0 unspecified atom stereocenters. The van der Waals surface area contributed by atoms with Gasteiger partial charge in [-0.2, -0.15) is 0 Å². The number of allylic oxidation sites excluding steroid dienone is 2. The van der Waals surface area contributed by atoms with E-state index in [9.17, 15) is 4.79 Å². The van der Waals surface area contributed by atoms with Crippen molar-refractivity contribution in [2.24, 2.45) is 0 Å². The molecule has 1 N–H and O–H groups in total. The standard InChI is InChI=1S/C15H16O2/c1-2-3-4-5-6-7-8-9-10-11-12-13-14-15(16)17/h11-12H,2-4,13-14H2,1H3,(H,16,17)/b12-11+. The molecule has 0 amide bonds.